The maximum absolute atomic E-state index is 13.2. The van der Waals surface area contributed by atoms with E-state index in [1.54, 1.807) is 18.2 Å². The van der Waals surface area contributed by atoms with Crippen LogP contribution in [0.5, 0.6) is 17.2 Å². The highest BCUT2D eigenvalue weighted by atomic mass is 16.5. The molecule has 4 aromatic rings. The summed E-state index contributed by atoms with van der Waals surface area (Å²) in [5, 5.41) is 1.05. The molecule has 0 aliphatic carbocycles. The quantitative estimate of drug-likeness (QED) is 0.493. The maximum atomic E-state index is 13.2. The Labute approximate surface area is 168 Å². The van der Waals surface area contributed by atoms with E-state index in [4.69, 9.17) is 14.2 Å². The molecule has 0 spiro atoms. The van der Waals surface area contributed by atoms with Crippen molar-refractivity contribution in [3.05, 3.63) is 72.1 Å². The van der Waals surface area contributed by atoms with E-state index < -0.39 is 0 Å². The fourth-order valence-corrected chi connectivity index (χ4v) is 3.38. The number of carbonyl (C=O) groups is 1. The normalized spacial score (nSPS) is 10.7. The number of aromatic nitrogens is 2. The van der Waals surface area contributed by atoms with E-state index in [1.165, 1.54) is 21.3 Å². The van der Waals surface area contributed by atoms with Crippen LogP contribution in [0, 0.1) is 0 Å². The van der Waals surface area contributed by atoms with Crippen LogP contribution in [0.1, 0.15) is 16.1 Å². The summed E-state index contributed by atoms with van der Waals surface area (Å²) in [6.45, 7) is 0. The second-order valence-corrected chi connectivity index (χ2v) is 6.40. The van der Waals surface area contributed by atoms with Crippen molar-refractivity contribution in [2.75, 3.05) is 21.3 Å². The van der Waals surface area contributed by atoms with Crippen molar-refractivity contribution >= 4 is 16.7 Å². The summed E-state index contributed by atoms with van der Waals surface area (Å²) in [5.41, 5.74) is 3.45. The molecule has 0 fully saturated rings. The average molecular weight is 388 g/mol. The number of rotatable bonds is 6. The van der Waals surface area contributed by atoms with Gasteiger partial charge in [-0.2, -0.15) is 0 Å². The molecule has 4 rings (SSSR count). The van der Waals surface area contributed by atoms with Gasteiger partial charge in [0, 0.05) is 28.2 Å². The first-order valence-corrected chi connectivity index (χ1v) is 9.04. The summed E-state index contributed by atoms with van der Waals surface area (Å²) in [6, 6.07) is 16.6. The van der Waals surface area contributed by atoms with E-state index in [0.717, 1.165) is 22.2 Å². The lowest BCUT2D eigenvalue weighted by atomic mass is 10.0. The first-order valence-electron chi connectivity index (χ1n) is 9.04. The van der Waals surface area contributed by atoms with Crippen LogP contribution >= 0.6 is 0 Å². The van der Waals surface area contributed by atoms with Crippen LogP contribution in [0.3, 0.4) is 0 Å². The van der Waals surface area contributed by atoms with E-state index in [9.17, 15) is 4.79 Å². The predicted molar refractivity (Wildman–Crippen MR) is 111 cm³/mol. The van der Waals surface area contributed by atoms with E-state index in [0.29, 0.717) is 28.5 Å². The molecule has 0 atom stereocenters. The summed E-state index contributed by atoms with van der Waals surface area (Å²) >= 11 is 0. The summed E-state index contributed by atoms with van der Waals surface area (Å²) in [5.74, 6) is 1.05. The molecule has 0 amide bonds. The van der Waals surface area contributed by atoms with E-state index in [1.807, 2.05) is 42.6 Å². The molecule has 29 heavy (non-hydrogen) atoms. The Morgan fingerprint density at radius 2 is 1.62 bits per heavy atom. The first kappa shape index (κ1) is 18.6. The third kappa shape index (κ3) is 3.29. The lowest BCUT2D eigenvalue weighted by Gasteiger charge is -2.13. The Kier molecular flexibility index (Phi) is 4.91. The summed E-state index contributed by atoms with van der Waals surface area (Å²) < 4.78 is 16.0. The number of carbonyl (C=O) groups excluding carboxylic acids is 1. The Bertz CT molecular complexity index is 1170. The Hall–Kier alpha value is -3.80. The maximum Gasteiger partial charge on any atom is 0.211 e. The second-order valence-electron chi connectivity index (χ2n) is 6.40. The van der Waals surface area contributed by atoms with Gasteiger partial charge in [0.2, 0.25) is 11.5 Å². The molecule has 0 bridgehead atoms. The minimum Gasteiger partial charge on any atom is -0.493 e. The number of methoxy groups -OCH3 is 3. The van der Waals surface area contributed by atoms with Gasteiger partial charge in [0.25, 0.3) is 0 Å². The lowest BCUT2D eigenvalue weighted by Crippen LogP contribution is -2.06. The number of pyridine rings is 1. The SMILES string of the molecule is COc1cc(C(=O)c2cccc(-c3cccc4[nH]ccc34)n2)cc(OC)c1OC. The summed E-state index contributed by atoms with van der Waals surface area (Å²) in [6.07, 6.45) is 1.89. The van der Waals surface area contributed by atoms with Crippen molar-refractivity contribution in [2.24, 2.45) is 0 Å². The molecule has 0 saturated carbocycles. The van der Waals surface area contributed by atoms with Crippen molar-refractivity contribution in [1.29, 1.82) is 0 Å². The molecule has 6 heteroatoms. The van der Waals surface area contributed by atoms with Gasteiger partial charge in [-0.1, -0.05) is 18.2 Å². The smallest absolute Gasteiger partial charge is 0.211 e. The molecule has 0 aliphatic heterocycles. The van der Waals surface area contributed by atoms with Crippen molar-refractivity contribution in [1.82, 2.24) is 9.97 Å². The van der Waals surface area contributed by atoms with Gasteiger partial charge in [-0.25, -0.2) is 4.98 Å². The number of ether oxygens (including phenoxy) is 3. The van der Waals surface area contributed by atoms with Gasteiger partial charge in [0.05, 0.1) is 27.0 Å². The Morgan fingerprint density at radius 3 is 2.31 bits per heavy atom. The van der Waals surface area contributed by atoms with Gasteiger partial charge in [0.15, 0.2) is 11.5 Å². The fraction of sp³-hybridized carbons (Fsp3) is 0.130. The van der Waals surface area contributed by atoms with Crippen LogP contribution in [0.2, 0.25) is 0 Å². The van der Waals surface area contributed by atoms with Gasteiger partial charge >= 0.3 is 0 Å². The largest absolute Gasteiger partial charge is 0.493 e. The van der Waals surface area contributed by atoms with Crippen LogP contribution in [0.4, 0.5) is 0 Å². The van der Waals surface area contributed by atoms with E-state index >= 15 is 0 Å². The summed E-state index contributed by atoms with van der Waals surface area (Å²) in [7, 11) is 4.55. The van der Waals surface area contributed by atoms with Crippen molar-refractivity contribution in [3.63, 3.8) is 0 Å². The third-order valence-electron chi connectivity index (χ3n) is 4.78. The lowest BCUT2D eigenvalue weighted by molar-refractivity contribution is 0.103. The van der Waals surface area contributed by atoms with Gasteiger partial charge in [-0.05, 0) is 36.4 Å². The Morgan fingerprint density at radius 1 is 0.897 bits per heavy atom. The van der Waals surface area contributed by atoms with Gasteiger partial charge in [-0.15, -0.1) is 0 Å². The van der Waals surface area contributed by atoms with Crippen LogP contribution < -0.4 is 14.2 Å². The topological polar surface area (TPSA) is 73.4 Å². The molecule has 6 nitrogen and oxygen atoms in total. The van der Waals surface area contributed by atoms with E-state index in [-0.39, 0.29) is 5.78 Å². The van der Waals surface area contributed by atoms with Crippen molar-refractivity contribution in [2.45, 2.75) is 0 Å². The number of H-pyrrole nitrogens is 1. The Balaban J connectivity index is 1.78. The molecule has 0 unspecified atom stereocenters. The second kappa shape index (κ2) is 7.67. The molecule has 0 saturated heterocycles. The highest BCUT2D eigenvalue weighted by Gasteiger charge is 2.19. The number of nitrogens with one attached hydrogen (secondary N) is 1. The average Bonchev–Trinajstić information content (AvgIpc) is 3.26. The highest BCUT2D eigenvalue weighted by molar-refractivity contribution is 6.09. The molecule has 146 valence electrons. The number of aromatic amines is 1. The molecule has 0 radical (unpaired) electrons. The monoisotopic (exact) mass is 388 g/mol. The summed E-state index contributed by atoms with van der Waals surface area (Å²) in [4.78, 5) is 21.0. The molecular weight excluding hydrogens is 368 g/mol. The minimum atomic E-state index is -0.229. The number of nitrogens with zero attached hydrogens (tertiary/aromatic N) is 1. The fourth-order valence-electron chi connectivity index (χ4n) is 3.38. The van der Waals surface area contributed by atoms with Gasteiger partial charge in [-0.3, -0.25) is 4.79 Å². The molecule has 1 N–H and O–H groups in total. The minimum absolute atomic E-state index is 0.229. The first-order chi connectivity index (χ1) is 14.2. The zero-order chi connectivity index (χ0) is 20.4. The van der Waals surface area contributed by atoms with Crippen LogP contribution in [-0.4, -0.2) is 37.1 Å². The molecule has 0 aliphatic rings. The van der Waals surface area contributed by atoms with Gasteiger partial charge in [0.1, 0.15) is 5.69 Å². The molecular formula is C23H20N2O4. The van der Waals surface area contributed by atoms with Crippen molar-refractivity contribution < 1.29 is 19.0 Å². The third-order valence-corrected chi connectivity index (χ3v) is 4.78. The van der Waals surface area contributed by atoms with E-state index in [2.05, 4.69) is 9.97 Å². The van der Waals surface area contributed by atoms with Crippen LogP contribution in [-0.2, 0) is 0 Å². The van der Waals surface area contributed by atoms with Crippen molar-refractivity contribution in [3.8, 4) is 28.5 Å². The van der Waals surface area contributed by atoms with Crippen LogP contribution in [0.15, 0.2) is 60.8 Å². The standard InChI is InChI=1S/C23H20N2O4/c1-27-20-12-14(13-21(28-2)23(20)29-3)22(26)19-9-5-8-18(25-19)15-6-4-7-17-16(15)10-11-24-17/h4-13,24H,1-3H3. The number of ketones is 1. The highest BCUT2D eigenvalue weighted by Crippen LogP contribution is 2.38. The zero-order valence-electron chi connectivity index (χ0n) is 16.4. The molecule has 2 heterocycles. The number of hydrogen-bond acceptors (Lipinski definition) is 5. The number of hydrogen-bond donors (Lipinski definition) is 1. The zero-order valence-corrected chi connectivity index (χ0v) is 16.4. The van der Waals surface area contributed by atoms with Gasteiger partial charge < -0.3 is 19.2 Å². The van der Waals surface area contributed by atoms with Crippen LogP contribution in [0.25, 0.3) is 22.2 Å². The molecule has 2 aromatic carbocycles. The number of benzene rings is 2. The predicted octanol–water partition coefficient (Wildman–Crippen LogP) is 4.49. The number of fused-ring (bicyclic) bond motifs is 1. The molecule has 2 aromatic heterocycles.